The van der Waals surface area contributed by atoms with Crippen molar-refractivity contribution in [3.05, 3.63) is 23.2 Å². The summed E-state index contributed by atoms with van der Waals surface area (Å²) < 4.78 is 6.01. The number of rotatable bonds is 3. The summed E-state index contributed by atoms with van der Waals surface area (Å²) in [6, 6.07) is 0. The number of carbonyl (C=O) groups excluding carboxylic acids is 2. The SMILES string of the molecule is NC(=O)[C@@]12CC3CC(C1)[C@@H](OC(=O)N1CCC(c4ncc(Cl)cn4)C1)[C@@H](C3)C2. The van der Waals surface area contributed by atoms with E-state index in [0.29, 0.717) is 24.0 Å². The summed E-state index contributed by atoms with van der Waals surface area (Å²) in [5.74, 6) is 1.75. The van der Waals surface area contributed by atoms with Crippen molar-refractivity contribution >= 4 is 23.6 Å². The van der Waals surface area contributed by atoms with E-state index in [1.54, 1.807) is 17.3 Å². The van der Waals surface area contributed by atoms with Crippen LogP contribution < -0.4 is 5.73 Å². The number of primary amides is 1. The molecule has 5 fully saturated rings. The van der Waals surface area contributed by atoms with Crippen molar-refractivity contribution < 1.29 is 14.3 Å². The molecular weight excluding hydrogens is 380 g/mol. The van der Waals surface area contributed by atoms with Gasteiger partial charge in [0.2, 0.25) is 5.91 Å². The fourth-order valence-electron chi connectivity index (χ4n) is 6.33. The molecule has 3 unspecified atom stereocenters. The van der Waals surface area contributed by atoms with Gasteiger partial charge in [-0.3, -0.25) is 4.79 Å². The number of amides is 2. The van der Waals surface area contributed by atoms with Crippen LogP contribution >= 0.6 is 11.6 Å². The van der Waals surface area contributed by atoms with Gasteiger partial charge in [-0.05, 0) is 56.3 Å². The van der Waals surface area contributed by atoms with Crippen molar-refractivity contribution in [2.45, 2.75) is 50.5 Å². The molecule has 2 amide bonds. The standard InChI is InChI=1S/C20H25ClN4O3/c21-15-8-23-17(24-9-15)12-1-2-25(10-12)19(27)28-16-13-3-11-4-14(16)7-20(5-11,6-13)18(22)26/h8-9,11-14,16H,1-7,10H2,(H2,22,26)/t11?,12?,13-,14?,16-,20+/m0/s1. The maximum atomic E-state index is 12.8. The van der Waals surface area contributed by atoms with E-state index in [1.807, 2.05) is 0 Å². The quantitative estimate of drug-likeness (QED) is 0.835. The molecule has 6 rings (SSSR count). The average Bonchev–Trinajstić information content (AvgIpc) is 3.15. The Balaban J connectivity index is 1.23. The van der Waals surface area contributed by atoms with Crippen molar-refractivity contribution in [3.8, 4) is 0 Å². The van der Waals surface area contributed by atoms with Crippen molar-refractivity contribution in [1.82, 2.24) is 14.9 Å². The van der Waals surface area contributed by atoms with E-state index < -0.39 is 0 Å². The second-order valence-electron chi connectivity index (χ2n) is 9.15. The maximum absolute atomic E-state index is 12.8. The number of nitrogens with two attached hydrogens (primary N) is 1. The van der Waals surface area contributed by atoms with E-state index in [9.17, 15) is 9.59 Å². The summed E-state index contributed by atoms with van der Waals surface area (Å²) in [7, 11) is 0. The molecule has 7 nitrogen and oxygen atoms in total. The predicted octanol–water partition coefficient (Wildman–Crippen LogP) is 2.74. The summed E-state index contributed by atoms with van der Waals surface area (Å²) in [5.41, 5.74) is 5.39. The molecule has 4 saturated carbocycles. The molecule has 4 bridgehead atoms. The second-order valence-corrected chi connectivity index (χ2v) is 9.59. The van der Waals surface area contributed by atoms with Crippen LogP contribution in [-0.4, -0.2) is 46.1 Å². The topological polar surface area (TPSA) is 98.4 Å². The summed E-state index contributed by atoms with van der Waals surface area (Å²) in [6.07, 6.45) is 8.23. The van der Waals surface area contributed by atoms with Gasteiger partial charge in [-0.1, -0.05) is 11.6 Å². The molecule has 1 aromatic heterocycles. The monoisotopic (exact) mass is 404 g/mol. The Morgan fingerprint density at radius 2 is 1.86 bits per heavy atom. The van der Waals surface area contributed by atoms with E-state index in [2.05, 4.69) is 9.97 Å². The fourth-order valence-corrected chi connectivity index (χ4v) is 6.43. The molecule has 0 aromatic carbocycles. The molecule has 4 aliphatic carbocycles. The molecule has 5 aliphatic rings. The largest absolute Gasteiger partial charge is 0.446 e. The highest BCUT2D eigenvalue weighted by molar-refractivity contribution is 6.30. The predicted molar refractivity (Wildman–Crippen MR) is 101 cm³/mol. The Bertz CT molecular complexity index is 785. The number of halogens is 1. The minimum absolute atomic E-state index is 0.0812. The van der Waals surface area contributed by atoms with Crippen LogP contribution in [0.1, 0.15) is 50.3 Å². The molecule has 28 heavy (non-hydrogen) atoms. The van der Waals surface area contributed by atoms with Crippen molar-refractivity contribution in [2.24, 2.45) is 28.9 Å². The summed E-state index contributed by atoms with van der Waals surface area (Å²) in [4.78, 5) is 35.2. The average molecular weight is 405 g/mol. The zero-order chi connectivity index (χ0) is 19.5. The Kier molecular flexibility index (Phi) is 4.27. The molecule has 1 aliphatic heterocycles. The van der Waals surface area contributed by atoms with Crippen LogP contribution in [0.2, 0.25) is 5.02 Å². The number of ether oxygens (including phenoxy) is 1. The molecule has 6 atom stereocenters. The normalized spacial score (nSPS) is 38.6. The van der Waals surface area contributed by atoms with Gasteiger partial charge in [0.15, 0.2) is 0 Å². The van der Waals surface area contributed by atoms with Crippen LogP contribution in [0.3, 0.4) is 0 Å². The molecular formula is C20H25ClN4O3. The lowest BCUT2D eigenvalue weighted by Gasteiger charge is -2.58. The fraction of sp³-hybridized carbons (Fsp3) is 0.700. The third kappa shape index (κ3) is 2.95. The molecule has 8 heteroatoms. The van der Waals surface area contributed by atoms with Crippen molar-refractivity contribution in [2.75, 3.05) is 13.1 Å². The van der Waals surface area contributed by atoms with E-state index in [0.717, 1.165) is 44.3 Å². The molecule has 2 N–H and O–H groups in total. The van der Waals surface area contributed by atoms with Crippen molar-refractivity contribution in [1.29, 1.82) is 0 Å². The zero-order valence-electron chi connectivity index (χ0n) is 15.7. The van der Waals surface area contributed by atoms with Crippen LogP contribution in [0, 0.1) is 23.2 Å². The maximum Gasteiger partial charge on any atom is 0.410 e. The third-order valence-electron chi connectivity index (χ3n) is 7.40. The van der Waals surface area contributed by atoms with Gasteiger partial charge >= 0.3 is 6.09 Å². The second kappa shape index (κ2) is 6.58. The van der Waals surface area contributed by atoms with Gasteiger partial charge in [-0.2, -0.15) is 0 Å². The van der Waals surface area contributed by atoms with Gasteiger partial charge in [0.05, 0.1) is 10.4 Å². The number of hydrogen-bond donors (Lipinski definition) is 1. The van der Waals surface area contributed by atoms with Gasteiger partial charge < -0.3 is 15.4 Å². The highest BCUT2D eigenvalue weighted by atomic mass is 35.5. The number of hydrogen-bond acceptors (Lipinski definition) is 5. The van der Waals surface area contributed by atoms with Crippen LogP contribution in [0.25, 0.3) is 0 Å². The molecule has 150 valence electrons. The summed E-state index contributed by atoms with van der Waals surface area (Å²) in [6.45, 7) is 1.21. The Labute approximate surface area is 169 Å². The first-order valence-electron chi connectivity index (χ1n) is 10.2. The number of nitrogens with zero attached hydrogens (tertiary/aromatic N) is 3. The van der Waals surface area contributed by atoms with Crippen LogP contribution in [0.5, 0.6) is 0 Å². The highest BCUT2D eigenvalue weighted by Crippen LogP contribution is 2.60. The lowest BCUT2D eigenvalue weighted by molar-refractivity contribution is -0.161. The molecule has 1 aromatic rings. The molecule has 0 spiro atoms. The first-order chi connectivity index (χ1) is 13.4. The Hall–Kier alpha value is -1.89. The van der Waals surface area contributed by atoms with Gasteiger partial charge in [0.25, 0.3) is 0 Å². The van der Waals surface area contributed by atoms with Gasteiger partial charge in [0.1, 0.15) is 11.9 Å². The molecule has 2 heterocycles. The minimum atomic E-state index is -0.357. The van der Waals surface area contributed by atoms with E-state index >= 15 is 0 Å². The number of carbonyl (C=O) groups is 2. The summed E-state index contributed by atoms with van der Waals surface area (Å²) >= 11 is 5.86. The van der Waals surface area contributed by atoms with E-state index in [1.165, 1.54) is 0 Å². The van der Waals surface area contributed by atoms with Gasteiger partial charge in [-0.25, -0.2) is 14.8 Å². The van der Waals surface area contributed by atoms with E-state index in [-0.39, 0.29) is 41.3 Å². The first kappa shape index (κ1) is 18.2. The summed E-state index contributed by atoms with van der Waals surface area (Å²) in [5, 5.41) is 0.508. The van der Waals surface area contributed by atoms with Crippen molar-refractivity contribution in [3.63, 3.8) is 0 Å². The van der Waals surface area contributed by atoms with E-state index in [4.69, 9.17) is 22.1 Å². The molecule has 0 radical (unpaired) electrons. The first-order valence-corrected chi connectivity index (χ1v) is 10.5. The van der Waals surface area contributed by atoms with Gasteiger partial charge in [0, 0.05) is 31.4 Å². The van der Waals surface area contributed by atoms with Crippen LogP contribution in [0.15, 0.2) is 12.4 Å². The lowest BCUT2D eigenvalue weighted by Crippen LogP contribution is -2.59. The number of likely N-dealkylation sites (tertiary alicyclic amines) is 1. The Morgan fingerprint density at radius 3 is 2.50 bits per heavy atom. The smallest absolute Gasteiger partial charge is 0.410 e. The third-order valence-corrected chi connectivity index (χ3v) is 7.59. The van der Waals surface area contributed by atoms with Gasteiger partial charge in [-0.15, -0.1) is 0 Å². The lowest BCUT2D eigenvalue weighted by atomic mass is 9.48. The molecule has 1 saturated heterocycles. The zero-order valence-corrected chi connectivity index (χ0v) is 16.5. The minimum Gasteiger partial charge on any atom is -0.446 e. The van der Waals surface area contributed by atoms with Crippen LogP contribution in [-0.2, 0) is 9.53 Å². The highest BCUT2D eigenvalue weighted by Gasteiger charge is 2.59. The number of aromatic nitrogens is 2. The van der Waals surface area contributed by atoms with Crippen LogP contribution in [0.4, 0.5) is 4.79 Å². The Morgan fingerprint density at radius 1 is 1.18 bits per heavy atom.